The summed E-state index contributed by atoms with van der Waals surface area (Å²) >= 11 is 0. The predicted octanol–water partition coefficient (Wildman–Crippen LogP) is 3.98. The standard InChI is InChI=1S/C26H37FN6O/c1-3-5-21(17-29-28)19-31-12-8-20(9-13-31)18-32-14-10-23(11-15-32)33-25-7-6-22(27)16-24(25)30-26(33)34-4-2/h3,5-7,16-17,20,23H,1,4,8-15,18-19,28H2,2H3/b21-5+,29-17-. The van der Waals surface area contributed by atoms with E-state index in [0.717, 1.165) is 69.1 Å². The third-order valence-electron chi connectivity index (χ3n) is 7.02. The van der Waals surface area contributed by atoms with Gasteiger partial charge in [0.05, 0.1) is 23.9 Å². The number of nitrogens with two attached hydrogens (primary N) is 1. The Bertz CT molecular complexity index is 1020. The number of imidazole rings is 1. The number of hydrogen-bond acceptors (Lipinski definition) is 6. The third kappa shape index (κ3) is 5.85. The monoisotopic (exact) mass is 468 g/mol. The van der Waals surface area contributed by atoms with Crippen LogP contribution in [0.5, 0.6) is 6.01 Å². The molecule has 0 amide bonds. The van der Waals surface area contributed by atoms with Gasteiger partial charge < -0.3 is 15.5 Å². The van der Waals surface area contributed by atoms with Crippen LogP contribution in [0, 0.1) is 11.7 Å². The van der Waals surface area contributed by atoms with Crippen molar-refractivity contribution >= 4 is 17.2 Å². The van der Waals surface area contributed by atoms with Crippen LogP contribution in [0.1, 0.15) is 38.6 Å². The number of ether oxygens (including phenoxy) is 1. The van der Waals surface area contributed by atoms with E-state index >= 15 is 0 Å². The molecule has 2 saturated heterocycles. The van der Waals surface area contributed by atoms with E-state index in [1.54, 1.807) is 12.3 Å². The first-order chi connectivity index (χ1) is 16.6. The second-order valence-electron chi connectivity index (χ2n) is 9.34. The molecule has 4 rings (SSSR count). The Morgan fingerprint density at radius 1 is 1.21 bits per heavy atom. The van der Waals surface area contributed by atoms with E-state index in [9.17, 15) is 4.39 Å². The van der Waals surface area contributed by atoms with Crippen molar-refractivity contribution < 1.29 is 9.13 Å². The highest BCUT2D eigenvalue weighted by Crippen LogP contribution is 2.33. The molecule has 0 saturated carbocycles. The van der Waals surface area contributed by atoms with Crippen molar-refractivity contribution in [3.05, 3.63) is 48.3 Å². The van der Waals surface area contributed by atoms with E-state index in [1.807, 2.05) is 19.1 Å². The number of nitrogens with zero attached hydrogens (tertiary/aromatic N) is 5. The van der Waals surface area contributed by atoms with Gasteiger partial charge in [0.1, 0.15) is 5.82 Å². The fourth-order valence-electron chi connectivity index (χ4n) is 5.33. The van der Waals surface area contributed by atoms with Crippen LogP contribution in [0.15, 0.2) is 47.6 Å². The van der Waals surface area contributed by atoms with E-state index in [2.05, 4.69) is 31.0 Å². The summed E-state index contributed by atoms with van der Waals surface area (Å²) in [7, 11) is 0. The molecule has 0 atom stereocenters. The molecule has 1 aromatic carbocycles. The summed E-state index contributed by atoms with van der Waals surface area (Å²) in [4.78, 5) is 9.65. The van der Waals surface area contributed by atoms with Crippen molar-refractivity contribution in [1.82, 2.24) is 19.4 Å². The number of aromatic nitrogens is 2. The summed E-state index contributed by atoms with van der Waals surface area (Å²) in [6.45, 7) is 12.6. The normalized spacial score (nSPS) is 19.9. The number of allylic oxidation sites excluding steroid dienone is 2. The maximum Gasteiger partial charge on any atom is 0.297 e. The number of rotatable bonds is 9. The number of hydrazone groups is 1. The minimum Gasteiger partial charge on any atom is -0.465 e. The summed E-state index contributed by atoms with van der Waals surface area (Å²) in [6, 6.07) is 5.77. The van der Waals surface area contributed by atoms with E-state index in [1.165, 1.54) is 25.0 Å². The summed E-state index contributed by atoms with van der Waals surface area (Å²) in [5, 5.41) is 3.67. The molecule has 2 aliphatic rings. The van der Waals surface area contributed by atoms with Gasteiger partial charge in [0.25, 0.3) is 6.01 Å². The number of fused-ring (bicyclic) bond motifs is 1. The van der Waals surface area contributed by atoms with Gasteiger partial charge in [0.15, 0.2) is 0 Å². The molecule has 7 nitrogen and oxygen atoms in total. The molecule has 0 radical (unpaired) electrons. The van der Waals surface area contributed by atoms with Crippen molar-refractivity contribution in [2.24, 2.45) is 16.9 Å². The summed E-state index contributed by atoms with van der Waals surface area (Å²) < 4.78 is 21.7. The van der Waals surface area contributed by atoms with Crippen LogP contribution in [-0.2, 0) is 0 Å². The molecular weight excluding hydrogens is 431 g/mol. The Labute approximate surface area is 201 Å². The minimum atomic E-state index is -0.262. The van der Waals surface area contributed by atoms with Gasteiger partial charge in [0.2, 0.25) is 0 Å². The molecule has 2 aromatic rings. The Morgan fingerprint density at radius 2 is 1.94 bits per heavy atom. The molecule has 0 aliphatic carbocycles. The lowest BCUT2D eigenvalue weighted by Crippen LogP contribution is -2.42. The minimum absolute atomic E-state index is 0.262. The van der Waals surface area contributed by atoms with E-state index < -0.39 is 0 Å². The average molecular weight is 469 g/mol. The molecular formula is C26H37FN6O. The molecule has 0 spiro atoms. The van der Waals surface area contributed by atoms with Gasteiger partial charge in [0, 0.05) is 38.3 Å². The lowest BCUT2D eigenvalue weighted by atomic mass is 9.94. The lowest BCUT2D eigenvalue weighted by molar-refractivity contribution is 0.121. The fourth-order valence-corrected chi connectivity index (χ4v) is 5.33. The van der Waals surface area contributed by atoms with Crippen LogP contribution in [0.3, 0.4) is 0 Å². The number of piperidine rings is 2. The molecule has 2 aliphatic heterocycles. The summed E-state index contributed by atoms with van der Waals surface area (Å²) in [5.74, 6) is 5.80. The Morgan fingerprint density at radius 3 is 2.62 bits per heavy atom. The molecule has 2 fully saturated rings. The number of hydrogen-bond donors (Lipinski definition) is 1. The van der Waals surface area contributed by atoms with E-state index in [4.69, 9.17) is 10.6 Å². The number of halogens is 1. The summed E-state index contributed by atoms with van der Waals surface area (Å²) in [6.07, 6.45) is 10.0. The molecule has 34 heavy (non-hydrogen) atoms. The van der Waals surface area contributed by atoms with Gasteiger partial charge in [-0.15, -0.1) is 0 Å². The predicted molar refractivity (Wildman–Crippen MR) is 136 cm³/mol. The first-order valence-electron chi connectivity index (χ1n) is 12.4. The molecule has 0 bridgehead atoms. The molecule has 3 heterocycles. The zero-order valence-electron chi connectivity index (χ0n) is 20.2. The molecule has 1 aromatic heterocycles. The highest BCUT2D eigenvalue weighted by atomic mass is 19.1. The van der Waals surface area contributed by atoms with Gasteiger partial charge in [-0.1, -0.05) is 18.7 Å². The van der Waals surface area contributed by atoms with Gasteiger partial charge >= 0.3 is 0 Å². The number of likely N-dealkylation sites (tertiary alicyclic amines) is 2. The van der Waals surface area contributed by atoms with Crippen LogP contribution in [0.25, 0.3) is 11.0 Å². The van der Waals surface area contributed by atoms with Crippen LogP contribution in [-0.4, -0.2) is 71.4 Å². The van der Waals surface area contributed by atoms with Gasteiger partial charge in [-0.05, 0) is 69.3 Å². The maximum absolute atomic E-state index is 13.7. The largest absolute Gasteiger partial charge is 0.465 e. The summed E-state index contributed by atoms with van der Waals surface area (Å²) in [5.41, 5.74) is 2.72. The molecule has 8 heteroatoms. The molecule has 0 unspecified atom stereocenters. The van der Waals surface area contributed by atoms with Crippen LogP contribution in [0.4, 0.5) is 4.39 Å². The van der Waals surface area contributed by atoms with Crippen LogP contribution < -0.4 is 10.6 Å². The second kappa shape index (κ2) is 11.6. The maximum atomic E-state index is 13.7. The smallest absolute Gasteiger partial charge is 0.297 e. The fraction of sp³-hybridized carbons (Fsp3) is 0.538. The van der Waals surface area contributed by atoms with Gasteiger partial charge in [-0.25, -0.2) is 4.39 Å². The van der Waals surface area contributed by atoms with Crippen molar-refractivity contribution in [3.63, 3.8) is 0 Å². The molecule has 184 valence electrons. The van der Waals surface area contributed by atoms with Crippen molar-refractivity contribution in [2.75, 3.05) is 45.9 Å². The van der Waals surface area contributed by atoms with Crippen molar-refractivity contribution in [2.45, 2.75) is 38.6 Å². The SMILES string of the molecule is C=C/C=C(\C=N/N)CN1CCC(CN2CCC(n3c(OCC)nc4cc(F)ccc43)CC2)CC1. The lowest BCUT2D eigenvalue weighted by Gasteiger charge is -2.38. The Balaban J connectivity index is 1.30. The second-order valence-corrected chi connectivity index (χ2v) is 9.34. The quantitative estimate of drug-likeness (QED) is 0.261. The van der Waals surface area contributed by atoms with E-state index in [-0.39, 0.29) is 5.82 Å². The Hall–Kier alpha value is -2.71. The van der Waals surface area contributed by atoms with Crippen LogP contribution in [0.2, 0.25) is 0 Å². The van der Waals surface area contributed by atoms with Crippen LogP contribution >= 0.6 is 0 Å². The first-order valence-corrected chi connectivity index (χ1v) is 12.4. The average Bonchev–Trinajstić information content (AvgIpc) is 3.18. The van der Waals surface area contributed by atoms with Crippen molar-refractivity contribution in [3.8, 4) is 6.01 Å². The molecule has 2 N–H and O–H groups in total. The zero-order valence-corrected chi connectivity index (χ0v) is 20.2. The van der Waals surface area contributed by atoms with Crippen molar-refractivity contribution in [1.29, 1.82) is 0 Å². The zero-order chi connectivity index (χ0) is 23.9. The number of benzene rings is 1. The Kier molecular flexibility index (Phi) is 8.34. The highest BCUT2D eigenvalue weighted by molar-refractivity contribution is 5.79. The van der Waals surface area contributed by atoms with E-state index in [0.29, 0.717) is 24.2 Å². The first kappa shape index (κ1) is 24.4. The third-order valence-corrected chi connectivity index (χ3v) is 7.02. The topological polar surface area (TPSA) is 71.9 Å². The highest BCUT2D eigenvalue weighted by Gasteiger charge is 2.28. The van der Waals surface area contributed by atoms with Gasteiger partial charge in [-0.2, -0.15) is 10.1 Å². The van der Waals surface area contributed by atoms with Gasteiger partial charge in [-0.3, -0.25) is 9.47 Å².